The van der Waals surface area contributed by atoms with Crippen LogP contribution in [0.25, 0.3) is 0 Å². The van der Waals surface area contributed by atoms with E-state index in [1.807, 2.05) is 32.0 Å². The Morgan fingerprint density at radius 1 is 0.491 bits per heavy atom. The molecule has 0 N–H and O–H groups in total. The fourth-order valence-electron chi connectivity index (χ4n) is 3.37. The minimum absolute atomic E-state index is 0. The van der Waals surface area contributed by atoms with Gasteiger partial charge in [-0.25, -0.2) is 0 Å². The molecule has 1 aromatic rings. The Kier molecular flexibility index (Phi) is 128. The Labute approximate surface area is 373 Å². The van der Waals surface area contributed by atoms with Gasteiger partial charge >= 0.3 is 0 Å². The summed E-state index contributed by atoms with van der Waals surface area (Å²) in [6, 6.07) is 10.3. The minimum Gasteiger partial charge on any atom is -0.0776 e. The molecular weight excluding hydrogens is 685 g/mol. The second-order valence-electron chi connectivity index (χ2n) is 17.8. The Morgan fingerprint density at radius 2 is 0.737 bits per heavy atom. The molecular formula is C57H130. The number of rotatable bonds is 11. The molecule has 1 aromatic carbocycles. The molecule has 0 radical (unpaired) electrons. The van der Waals surface area contributed by atoms with Crippen LogP contribution in [0.4, 0.5) is 0 Å². The van der Waals surface area contributed by atoms with Crippen LogP contribution in [0.3, 0.4) is 0 Å². The lowest BCUT2D eigenvalue weighted by atomic mass is 9.91. The van der Waals surface area contributed by atoms with Crippen LogP contribution < -0.4 is 0 Å². The zero-order valence-electron chi connectivity index (χ0n) is 44.5. The number of hydrogen-bond donors (Lipinski definition) is 0. The van der Waals surface area contributed by atoms with E-state index < -0.39 is 0 Å². The monoisotopic (exact) mass is 815 g/mol. The predicted molar refractivity (Wildman–Crippen MR) is 285 cm³/mol. The summed E-state index contributed by atoms with van der Waals surface area (Å²) in [5, 5.41) is 0. The summed E-state index contributed by atoms with van der Waals surface area (Å²) in [6.07, 6.45) is 29.3. The minimum atomic E-state index is 0. The first-order chi connectivity index (χ1) is 25.9. The molecule has 1 aliphatic carbocycles. The summed E-state index contributed by atoms with van der Waals surface area (Å²) >= 11 is 0. The molecule has 0 aromatic heterocycles. The summed E-state index contributed by atoms with van der Waals surface area (Å²) in [7, 11) is 0. The van der Waals surface area contributed by atoms with Gasteiger partial charge in [-0.15, -0.1) is 0 Å². The molecule has 57 heavy (non-hydrogen) atoms. The van der Waals surface area contributed by atoms with Gasteiger partial charge in [-0.3, -0.25) is 0 Å². The number of aryl methyl sites for hydroxylation is 1. The predicted octanol–water partition coefficient (Wildman–Crippen LogP) is 23.6. The van der Waals surface area contributed by atoms with Crippen molar-refractivity contribution in [3.63, 3.8) is 0 Å². The van der Waals surface area contributed by atoms with E-state index in [0.717, 1.165) is 17.8 Å². The summed E-state index contributed by atoms with van der Waals surface area (Å²) in [6.45, 7) is 52.3. The van der Waals surface area contributed by atoms with Gasteiger partial charge in [-0.05, 0) is 30.1 Å². The van der Waals surface area contributed by atoms with Crippen molar-refractivity contribution in [2.45, 2.75) is 316 Å². The maximum Gasteiger partial charge on any atom is -0.0398 e. The van der Waals surface area contributed by atoms with Crippen LogP contribution in [-0.2, 0) is 0 Å². The van der Waals surface area contributed by atoms with Crippen molar-refractivity contribution in [3.05, 3.63) is 35.9 Å². The highest BCUT2D eigenvalue weighted by atomic mass is 14.1. The third-order valence-corrected chi connectivity index (χ3v) is 7.02. The summed E-state index contributed by atoms with van der Waals surface area (Å²) in [5.74, 6) is 2.75. The Bertz CT molecular complexity index is 563. The first-order valence-electron chi connectivity index (χ1n) is 24.9. The molecule has 1 aliphatic rings. The molecule has 1 saturated carbocycles. The van der Waals surface area contributed by atoms with Gasteiger partial charge in [-0.2, -0.15) is 0 Å². The average Bonchev–Trinajstić information content (AvgIpc) is 3.14. The molecule has 0 aliphatic heterocycles. The first-order valence-corrected chi connectivity index (χ1v) is 24.9. The molecule has 0 bridgehead atoms. The molecule has 1 fully saturated rings. The van der Waals surface area contributed by atoms with E-state index in [2.05, 4.69) is 164 Å². The zero-order chi connectivity index (χ0) is 45.2. The quantitative estimate of drug-likeness (QED) is 0.195. The van der Waals surface area contributed by atoms with E-state index in [1.165, 1.54) is 140 Å². The van der Waals surface area contributed by atoms with Crippen LogP contribution in [0, 0.1) is 30.1 Å². The van der Waals surface area contributed by atoms with Gasteiger partial charge in [-0.1, -0.05) is 345 Å². The van der Waals surface area contributed by atoms with E-state index >= 15 is 0 Å². The lowest BCUT2D eigenvalue weighted by molar-refractivity contribution is 0.385. The Morgan fingerprint density at radius 3 is 0.860 bits per heavy atom. The van der Waals surface area contributed by atoms with Crippen LogP contribution in [0.15, 0.2) is 30.3 Å². The van der Waals surface area contributed by atoms with Crippen molar-refractivity contribution in [3.8, 4) is 0 Å². The third-order valence-electron chi connectivity index (χ3n) is 7.02. The Balaban J connectivity index is -0.0000000459. The normalized spacial score (nSPS) is 10.5. The van der Waals surface area contributed by atoms with E-state index in [9.17, 15) is 0 Å². The van der Waals surface area contributed by atoms with E-state index in [0.29, 0.717) is 5.41 Å². The molecule has 358 valence electrons. The molecule has 0 heteroatoms. The van der Waals surface area contributed by atoms with Crippen LogP contribution >= 0.6 is 0 Å². The zero-order valence-corrected chi connectivity index (χ0v) is 44.5. The van der Waals surface area contributed by atoms with Crippen molar-refractivity contribution >= 4 is 0 Å². The van der Waals surface area contributed by atoms with Gasteiger partial charge in [0, 0.05) is 0 Å². The summed E-state index contributed by atoms with van der Waals surface area (Å²) in [4.78, 5) is 0. The molecule has 0 amide bonds. The average molecular weight is 816 g/mol. The second kappa shape index (κ2) is 86.9. The number of hydrogen-bond acceptors (Lipinski definition) is 0. The highest BCUT2D eigenvalue weighted by Crippen LogP contribution is 2.22. The molecule has 0 saturated heterocycles. The summed E-state index contributed by atoms with van der Waals surface area (Å²) in [5.41, 5.74) is 1.82. The lowest BCUT2D eigenvalue weighted by Gasteiger charge is -2.15. The fraction of sp³-hybridized carbons (Fsp3) is 0.895. The highest BCUT2D eigenvalue weighted by Gasteiger charge is 2.06. The van der Waals surface area contributed by atoms with Gasteiger partial charge in [0.2, 0.25) is 0 Å². The van der Waals surface area contributed by atoms with Gasteiger partial charge in [0.1, 0.15) is 0 Å². The van der Waals surface area contributed by atoms with Gasteiger partial charge in [0.15, 0.2) is 0 Å². The lowest BCUT2D eigenvalue weighted by Crippen LogP contribution is -1.99. The smallest absolute Gasteiger partial charge is 0.0398 e. The topological polar surface area (TPSA) is 0 Å². The van der Waals surface area contributed by atoms with Crippen molar-refractivity contribution < 1.29 is 0 Å². The van der Waals surface area contributed by atoms with Crippen LogP contribution in [0.2, 0.25) is 0 Å². The SMILES string of the molecule is C.C.CC.CC(C)(C)C.CC(C)C.CC1CCCCC1.CCC.CCC(C)C.CCCC.CCCCC.CCCCCC.CCCCCCC.Cc1ccccc1. The van der Waals surface area contributed by atoms with E-state index in [1.54, 1.807) is 0 Å². The van der Waals surface area contributed by atoms with Crippen molar-refractivity contribution in [1.82, 2.24) is 0 Å². The van der Waals surface area contributed by atoms with Crippen LogP contribution in [-0.4, -0.2) is 0 Å². The summed E-state index contributed by atoms with van der Waals surface area (Å²) < 4.78 is 0. The van der Waals surface area contributed by atoms with Crippen LogP contribution in [0.5, 0.6) is 0 Å². The first kappa shape index (κ1) is 83.8. The van der Waals surface area contributed by atoms with Gasteiger partial charge < -0.3 is 0 Å². The third kappa shape index (κ3) is 211. The molecule has 0 atom stereocenters. The van der Waals surface area contributed by atoms with Crippen LogP contribution in [0.1, 0.15) is 314 Å². The molecule has 0 unspecified atom stereocenters. The Hall–Kier alpha value is -0.780. The maximum absolute atomic E-state index is 2.36. The molecule has 0 nitrogen and oxygen atoms in total. The van der Waals surface area contributed by atoms with E-state index in [4.69, 9.17) is 0 Å². The van der Waals surface area contributed by atoms with Crippen molar-refractivity contribution in [2.75, 3.05) is 0 Å². The maximum atomic E-state index is 2.36. The fourth-order valence-corrected chi connectivity index (χ4v) is 3.37. The van der Waals surface area contributed by atoms with Gasteiger partial charge in [0.25, 0.3) is 0 Å². The molecule has 0 heterocycles. The standard InChI is InChI=1S/C7H14.C7H8.C7H16.C6H14.3C5H12.2C4H10.C3H8.C2H6.2CH4/c2*1-7-5-3-2-4-6-7;1-3-5-7-6-4-2;1-3-5-6-4-2;1-5(2,3)4;1-4-5(2)3;1-3-5-4-2;1-4(2)3;1-3-4-2;1-3-2;1-2;;/h7H,2-6H2,1H3;2-6H,1H3;3-7H2,1-2H3;3-6H2,1-2H3;1-4H3;5H,4H2,1-3H3;3-5H2,1-2H3;4H,1-3H3;3-4H2,1-2H3;3H2,1-2H3;1-2H3;2*1H4. The molecule has 2 rings (SSSR count). The van der Waals surface area contributed by atoms with Crippen molar-refractivity contribution in [2.24, 2.45) is 23.2 Å². The largest absolute Gasteiger partial charge is 0.0776 e. The second-order valence-corrected chi connectivity index (χ2v) is 17.8. The number of unbranched alkanes of at least 4 members (excludes halogenated alkanes) is 10. The highest BCUT2D eigenvalue weighted by molar-refractivity contribution is 5.11. The van der Waals surface area contributed by atoms with Gasteiger partial charge in [0.05, 0.1) is 0 Å². The van der Waals surface area contributed by atoms with E-state index in [-0.39, 0.29) is 14.9 Å². The number of benzene rings is 1. The molecule has 0 spiro atoms. The van der Waals surface area contributed by atoms with Crippen molar-refractivity contribution in [1.29, 1.82) is 0 Å².